The van der Waals surface area contributed by atoms with Crippen LogP contribution in [0.4, 0.5) is 0 Å². The van der Waals surface area contributed by atoms with Gasteiger partial charge in [-0.2, -0.15) is 0 Å². The highest BCUT2D eigenvalue weighted by atomic mass is 16.3. The number of hydrogen-bond donors (Lipinski definition) is 2. The molecule has 102 valence electrons. The van der Waals surface area contributed by atoms with E-state index >= 15 is 0 Å². The maximum Gasteiger partial charge on any atom is 0.115 e. The number of benzene rings is 1. The van der Waals surface area contributed by atoms with Crippen molar-refractivity contribution in [2.24, 2.45) is 0 Å². The first-order valence-electron chi connectivity index (χ1n) is 6.81. The zero-order valence-electron chi connectivity index (χ0n) is 11.8. The molecule has 0 aliphatic carbocycles. The fourth-order valence-corrected chi connectivity index (χ4v) is 1.81. The number of aromatic hydroxyl groups is 1. The van der Waals surface area contributed by atoms with Crippen molar-refractivity contribution in [1.82, 2.24) is 10.2 Å². The molecular weight excluding hydrogens is 224 g/mol. The van der Waals surface area contributed by atoms with Gasteiger partial charge in [-0.15, -0.1) is 0 Å². The smallest absolute Gasteiger partial charge is 0.115 e. The summed E-state index contributed by atoms with van der Waals surface area (Å²) in [5.41, 5.74) is 1.28. The Kier molecular flexibility index (Phi) is 6.76. The second-order valence-electron chi connectivity index (χ2n) is 4.96. The van der Waals surface area contributed by atoms with E-state index < -0.39 is 0 Å². The molecule has 0 aliphatic heterocycles. The van der Waals surface area contributed by atoms with Crippen molar-refractivity contribution in [3.8, 4) is 5.75 Å². The average molecular weight is 250 g/mol. The lowest BCUT2D eigenvalue weighted by Crippen LogP contribution is -2.34. The SMILES string of the molecule is CCN(C)CCNC(C)CCc1ccc(O)cc1. The lowest BCUT2D eigenvalue weighted by molar-refractivity contribution is 0.339. The van der Waals surface area contributed by atoms with Gasteiger partial charge in [-0.25, -0.2) is 0 Å². The highest BCUT2D eigenvalue weighted by Crippen LogP contribution is 2.11. The summed E-state index contributed by atoms with van der Waals surface area (Å²) < 4.78 is 0. The van der Waals surface area contributed by atoms with Gasteiger partial charge in [0, 0.05) is 19.1 Å². The number of hydrogen-bond acceptors (Lipinski definition) is 3. The highest BCUT2D eigenvalue weighted by Gasteiger charge is 2.02. The van der Waals surface area contributed by atoms with E-state index in [0.29, 0.717) is 11.8 Å². The number of likely N-dealkylation sites (N-methyl/N-ethyl adjacent to an activating group) is 1. The average Bonchev–Trinajstić information content (AvgIpc) is 2.38. The molecule has 1 atom stereocenters. The molecular formula is C15H26N2O. The molecule has 0 aliphatic rings. The molecule has 0 aromatic heterocycles. The molecule has 1 aromatic carbocycles. The summed E-state index contributed by atoms with van der Waals surface area (Å²) in [7, 11) is 2.14. The van der Waals surface area contributed by atoms with E-state index in [1.54, 1.807) is 12.1 Å². The molecule has 0 amide bonds. The van der Waals surface area contributed by atoms with E-state index in [0.717, 1.165) is 32.5 Å². The number of phenolic OH excluding ortho intramolecular Hbond substituents is 1. The van der Waals surface area contributed by atoms with Crippen molar-refractivity contribution in [1.29, 1.82) is 0 Å². The normalized spacial score (nSPS) is 12.9. The molecule has 0 spiro atoms. The van der Waals surface area contributed by atoms with Crippen molar-refractivity contribution < 1.29 is 5.11 Å². The van der Waals surface area contributed by atoms with Crippen LogP contribution in [-0.2, 0) is 6.42 Å². The third-order valence-electron chi connectivity index (χ3n) is 3.33. The Morgan fingerprint density at radius 3 is 2.56 bits per heavy atom. The summed E-state index contributed by atoms with van der Waals surface area (Å²) in [5, 5.41) is 12.7. The zero-order valence-corrected chi connectivity index (χ0v) is 11.8. The Hall–Kier alpha value is -1.06. The predicted octanol–water partition coefficient (Wildman–Crippen LogP) is 2.25. The number of phenols is 1. The van der Waals surface area contributed by atoms with E-state index in [9.17, 15) is 5.11 Å². The van der Waals surface area contributed by atoms with E-state index in [4.69, 9.17) is 0 Å². The van der Waals surface area contributed by atoms with Gasteiger partial charge in [-0.3, -0.25) is 0 Å². The molecule has 3 nitrogen and oxygen atoms in total. The molecule has 0 fully saturated rings. The fourth-order valence-electron chi connectivity index (χ4n) is 1.81. The molecule has 1 unspecified atom stereocenters. The van der Waals surface area contributed by atoms with Gasteiger partial charge in [0.05, 0.1) is 0 Å². The minimum Gasteiger partial charge on any atom is -0.508 e. The monoisotopic (exact) mass is 250 g/mol. The zero-order chi connectivity index (χ0) is 13.4. The number of nitrogens with one attached hydrogen (secondary N) is 1. The summed E-state index contributed by atoms with van der Waals surface area (Å²) in [6.07, 6.45) is 2.18. The van der Waals surface area contributed by atoms with Gasteiger partial charge in [0.2, 0.25) is 0 Å². The van der Waals surface area contributed by atoms with Crippen molar-refractivity contribution in [2.45, 2.75) is 32.7 Å². The molecule has 1 rings (SSSR count). The molecule has 0 heterocycles. The molecule has 0 saturated heterocycles. The fraction of sp³-hybridized carbons (Fsp3) is 0.600. The van der Waals surface area contributed by atoms with Crippen LogP contribution < -0.4 is 5.32 Å². The predicted molar refractivity (Wildman–Crippen MR) is 77.1 cm³/mol. The maximum absolute atomic E-state index is 9.21. The van der Waals surface area contributed by atoms with Crippen molar-refractivity contribution in [3.63, 3.8) is 0 Å². The van der Waals surface area contributed by atoms with Gasteiger partial charge >= 0.3 is 0 Å². The minimum absolute atomic E-state index is 0.340. The number of aryl methyl sites for hydroxylation is 1. The molecule has 0 radical (unpaired) electrons. The van der Waals surface area contributed by atoms with Crippen molar-refractivity contribution >= 4 is 0 Å². The lowest BCUT2D eigenvalue weighted by Gasteiger charge is -2.17. The van der Waals surface area contributed by atoms with Gasteiger partial charge in [-0.05, 0) is 51.1 Å². The Morgan fingerprint density at radius 1 is 1.28 bits per heavy atom. The first-order valence-corrected chi connectivity index (χ1v) is 6.81. The molecule has 2 N–H and O–H groups in total. The van der Waals surface area contributed by atoms with Crippen molar-refractivity contribution in [3.05, 3.63) is 29.8 Å². The standard InChI is InChI=1S/C15H26N2O/c1-4-17(3)12-11-16-13(2)5-6-14-7-9-15(18)10-8-14/h7-10,13,16,18H,4-6,11-12H2,1-3H3. The third-order valence-corrected chi connectivity index (χ3v) is 3.33. The summed E-state index contributed by atoms with van der Waals surface area (Å²) in [6, 6.07) is 8.02. The Bertz CT molecular complexity index is 324. The molecule has 18 heavy (non-hydrogen) atoms. The highest BCUT2D eigenvalue weighted by molar-refractivity contribution is 5.25. The van der Waals surface area contributed by atoms with Crippen LogP contribution >= 0.6 is 0 Å². The molecule has 0 bridgehead atoms. The first kappa shape index (κ1) is 15.0. The topological polar surface area (TPSA) is 35.5 Å². The van der Waals surface area contributed by atoms with Gasteiger partial charge in [0.15, 0.2) is 0 Å². The maximum atomic E-state index is 9.21. The number of nitrogens with zero attached hydrogens (tertiary/aromatic N) is 1. The van der Waals surface area contributed by atoms with Crippen LogP contribution in [0, 0.1) is 0 Å². The quantitative estimate of drug-likeness (QED) is 0.743. The van der Waals surface area contributed by atoms with Gasteiger partial charge < -0.3 is 15.3 Å². The Balaban J connectivity index is 2.16. The first-order chi connectivity index (χ1) is 8.61. The van der Waals surface area contributed by atoms with Gasteiger partial charge in [0.1, 0.15) is 5.75 Å². The molecule has 1 aromatic rings. The Labute approximate surface area is 111 Å². The largest absolute Gasteiger partial charge is 0.508 e. The second-order valence-corrected chi connectivity index (χ2v) is 4.96. The van der Waals surface area contributed by atoms with Crippen LogP contribution in [-0.4, -0.2) is 42.7 Å². The summed E-state index contributed by atoms with van der Waals surface area (Å²) in [5.74, 6) is 0.340. The van der Waals surface area contributed by atoms with E-state index in [2.05, 4.69) is 31.1 Å². The second kappa shape index (κ2) is 8.11. The Morgan fingerprint density at radius 2 is 1.94 bits per heavy atom. The van der Waals surface area contributed by atoms with Crippen LogP contribution in [0.5, 0.6) is 5.75 Å². The lowest BCUT2D eigenvalue weighted by atomic mass is 10.1. The van der Waals surface area contributed by atoms with E-state index in [1.165, 1.54) is 5.56 Å². The summed E-state index contributed by atoms with van der Waals surface area (Å²) in [4.78, 5) is 2.31. The van der Waals surface area contributed by atoms with Crippen LogP contribution in [0.15, 0.2) is 24.3 Å². The summed E-state index contributed by atoms with van der Waals surface area (Å²) >= 11 is 0. The van der Waals surface area contributed by atoms with Crippen LogP contribution in [0.25, 0.3) is 0 Å². The minimum atomic E-state index is 0.340. The van der Waals surface area contributed by atoms with E-state index in [-0.39, 0.29) is 0 Å². The van der Waals surface area contributed by atoms with Crippen LogP contribution in [0.3, 0.4) is 0 Å². The third kappa shape index (κ3) is 6.03. The van der Waals surface area contributed by atoms with Gasteiger partial charge in [0.25, 0.3) is 0 Å². The number of rotatable bonds is 8. The van der Waals surface area contributed by atoms with Crippen LogP contribution in [0.1, 0.15) is 25.8 Å². The molecule has 0 saturated carbocycles. The van der Waals surface area contributed by atoms with Crippen LogP contribution in [0.2, 0.25) is 0 Å². The van der Waals surface area contributed by atoms with E-state index in [1.807, 2.05) is 12.1 Å². The summed E-state index contributed by atoms with van der Waals surface area (Å²) in [6.45, 7) is 7.64. The van der Waals surface area contributed by atoms with Crippen molar-refractivity contribution in [2.75, 3.05) is 26.7 Å². The van der Waals surface area contributed by atoms with Gasteiger partial charge in [-0.1, -0.05) is 19.1 Å². The molecule has 3 heteroatoms.